The molecule has 0 aliphatic heterocycles. The molecule has 3 rings (SSSR count). The lowest BCUT2D eigenvalue weighted by Gasteiger charge is -2.08. The zero-order valence-corrected chi connectivity index (χ0v) is 16.2. The molecule has 3 aromatic carbocycles. The summed E-state index contributed by atoms with van der Waals surface area (Å²) in [4.78, 5) is 24.6. The van der Waals surface area contributed by atoms with Crippen molar-refractivity contribution in [2.24, 2.45) is 5.10 Å². The van der Waals surface area contributed by atoms with Crippen molar-refractivity contribution in [2.45, 2.75) is 0 Å². The van der Waals surface area contributed by atoms with Crippen LogP contribution in [0.15, 0.2) is 77.9 Å². The van der Waals surface area contributed by atoms with E-state index in [0.29, 0.717) is 33.2 Å². The summed E-state index contributed by atoms with van der Waals surface area (Å²) in [6.45, 7) is 0. The van der Waals surface area contributed by atoms with E-state index >= 15 is 0 Å². The summed E-state index contributed by atoms with van der Waals surface area (Å²) in [6, 6.07) is 20.0. The van der Waals surface area contributed by atoms with Crippen molar-refractivity contribution < 1.29 is 19.1 Å². The van der Waals surface area contributed by atoms with Crippen molar-refractivity contribution in [2.75, 3.05) is 7.11 Å². The first-order chi connectivity index (χ1) is 14.1. The normalized spacial score (nSPS) is 10.6. The molecule has 0 aliphatic carbocycles. The highest BCUT2D eigenvalue weighted by Gasteiger charge is 2.12. The zero-order valence-electron chi connectivity index (χ0n) is 15.5. The lowest BCUT2D eigenvalue weighted by Crippen LogP contribution is -2.18. The predicted molar refractivity (Wildman–Crippen MR) is 111 cm³/mol. The Morgan fingerprint density at radius 2 is 1.59 bits per heavy atom. The standard InChI is InChI=1S/C22H17ClN2O4/c1-28-20-9-5-3-7-18(20)21(26)25-24-14-16-6-2-4-8-19(16)29-22(27)15-10-12-17(23)13-11-15/h2-14H,1H3,(H,25,26). The maximum absolute atomic E-state index is 12.3. The number of carbonyl (C=O) groups excluding carboxylic acids is 2. The van der Waals surface area contributed by atoms with Gasteiger partial charge in [-0.1, -0.05) is 35.9 Å². The molecule has 0 spiro atoms. The van der Waals surface area contributed by atoms with Gasteiger partial charge in [-0.25, -0.2) is 10.2 Å². The summed E-state index contributed by atoms with van der Waals surface area (Å²) < 4.78 is 10.6. The molecule has 6 nitrogen and oxygen atoms in total. The molecule has 0 saturated carbocycles. The average Bonchev–Trinajstić information content (AvgIpc) is 2.75. The van der Waals surface area contributed by atoms with Crippen LogP contribution >= 0.6 is 11.6 Å². The van der Waals surface area contributed by atoms with Gasteiger partial charge in [0.05, 0.1) is 24.5 Å². The van der Waals surface area contributed by atoms with Gasteiger partial charge in [0.15, 0.2) is 0 Å². The van der Waals surface area contributed by atoms with Crippen molar-refractivity contribution >= 4 is 29.7 Å². The molecule has 29 heavy (non-hydrogen) atoms. The molecule has 0 heterocycles. The maximum Gasteiger partial charge on any atom is 0.343 e. The first-order valence-corrected chi connectivity index (χ1v) is 8.99. The molecule has 7 heteroatoms. The van der Waals surface area contributed by atoms with E-state index in [1.54, 1.807) is 72.8 Å². The molecule has 0 atom stereocenters. The van der Waals surface area contributed by atoms with E-state index in [-0.39, 0.29) is 0 Å². The van der Waals surface area contributed by atoms with Gasteiger partial charge in [0.25, 0.3) is 5.91 Å². The van der Waals surface area contributed by atoms with Crippen LogP contribution in [0.1, 0.15) is 26.3 Å². The first kappa shape index (κ1) is 20.1. The third kappa shape index (κ3) is 5.21. The lowest BCUT2D eigenvalue weighted by atomic mass is 10.2. The van der Waals surface area contributed by atoms with Crippen molar-refractivity contribution in [3.63, 3.8) is 0 Å². The predicted octanol–water partition coefficient (Wildman–Crippen LogP) is 4.33. The number of methoxy groups -OCH3 is 1. The molecular weight excluding hydrogens is 392 g/mol. The van der Waals surface area contributed by atoms with Crippen LogP contribution in [0.25, 0.3) is 0 Å². The minimum absolute atomic E-state index is 0.308. The van der Waals surface area contributed by atoms with Crippen molar-refractivity contribution in [3.8, 4) is 11.5 Å². The van der Waals surface area contributed by atoms with Crippen LogP contribution in [0.5, 0.6) is 11.5 Å². The van der Waals surface area contributed by atoms with E-state index < -0.39 is 11.9 Å². The van der Waals surface area contributed by atoms with Gasteiger partial charge < -0.3 is 9.47 Å². The molecule has 0 saturated heterocycles. The number of halogens is 1. The minimum Gasteiger partial charge on any atom is -0.496 e. The van der Waals surface area contributed by atoms with Crippen molar-refractivity contribution in [1.82, 2.24) is 5.43 Å². The molecule has 0 bridgehead atoms. The summed E-state index contributed by atoms with van der Waals surface area (Å²) >= 11 is 5.84. The number of hydrogen-bond donors (Lipinski definition) is 1. The van der Waals surface area contributed by atoms with E-state index in [1.807, 2.05) is 0 Å². The SMILES string of the molecule is COc1ccccc1C(=O)NN=Cc1ccccc1OC(=O)c1ccc(Cl)cc1. The molecular formula is C22H17ClN2O4. The number of benzene rings is 3. The summed E-state index contributed by atoms with van der Waals surface area (Å²) in [6.07, 6.45) is 1.40. The Morgan fingerprint density at radius 3 is 2.31 bits per heavy atom. The number of amides is 1. The van der Waals surface area contributed by atoms with Crippen LogP contribution < -0.4 is 14.9 Å². The average molecular weight is 409 g/mol. The molecule has 0 unspecified atom stereocenters. The van der Waals surface area contributed by atoms with Crippen molar-refractivity contribution in [3.05, 3.63) is 94.5 Å². The molecule has 0 aromatic heterocycles. The summed E-state index contributed by atoms with van der Waals surface area (Å²) in [5.41, 5.74) is 3.68. The number of nitrogens with zero attached hydrogens (tertiary/aromatic N) is 1. The van der Waals surface area contributed by atoms with Crippen LogP contribution in [0.3, 0.4) is 0 Å². The number of ether oxygens (including phenoxy) is 2. The fourth-order valence-corrected chi connectivity index (χ4v) is 2.60. The van der Waals surface area contributed by atoms with Gasteiger partial charge in [0.1, 0.15) is 11.5 Å². The summed E-state index contributed by atoms with van der Waals surface area (Å²) in [5.74, 6) is -0.199. The second-order valence-corrected chi connectivity index (χ2v) is 6.27. The number of carbonyl (C=O) groups is 2. The molecule has 146 valence electrons. The van der Waals surface area contributed by atoms with Gasteiger partial charge in [-0.15, -0.1) is 0 Å². The second kappa shape index (κ2) is 9.52. The maximum atomic E-state index is 12.3. The fraction of sp³-hybridized carbons (Fsp3) is 0.0455. The molecule has 3 aromatic rings. The van der Waals surface area contributed by atoms with Gasteiger partial charge in [0, 0.05) is 10.6 Å². The van der Waals surface area contributed by atoms with Gasteiger partial charge >= 0.3 is 5.97 Å². The Balaban J connectivity index is 1.71. The molecule has 0 aliphatic rings. The van der Waals surface area contributed by atoms with Crippen LogP contribution in [-0.2, 0) is 0 Å². The third-order valence-electron chi connectivity index (χ3n) is 3.92. The fourth-order valence-electron chi connectivity index (χ4n) is 2.48. The van der Waals surface area contributed by atoms with Crippen LogP contribution in [0, 0.1) is 0 Å². The Hall–Kier alpha value is -3.64. The Labute approximate surface area is 172 Å². The van der Waals surface area contributed by atoms with Crippen LogP contribution in [0.4, 0.5) is 0 Å². The highest BCUT2D eigenvalue weighted by atomic mass is 35.5. The van der Waals surface area contributed by atoms with E-state index in [0.717, 1.165) is 0 Å². The lowest BCUT2D eigenvalue weighted by molar-refractivity contribution is 0.0734. The molecule has 0 radical (unpaired) electrons. The first-order valence-electron chi connectivity index (χ1n) is 8.61. The molecule has 0 fully saturated rings. The van der Waals surface area contributed by atoms with Crippen molar-refractivity contribution in [1.29, 1.82) is 0 Å². The van der Waals surface area contributed by atoms with Gasteiger partial charge in [0.2, 0.25) is 0 Å². The Kier molecular flexibility index (Phi) is 6.60. The van der Waals surface area contributed by atoms with E-state index in [1.165, 1.54) is 13.3 Å². The minimum atomic E-state index is -0.527. The number of nitrogens with one attached hydrogen (secondary N) is 1. The molecule has 1 amide bonds. The number of hydrogen-bond acceptors (Lipinski definition) is 5. The number of esters is 1. The monoisotopic (exact) mass is 408 g/mol. The second-order valence-electron chi connectivity index (χ2n) is 5.83. The quantitative estimate of drug-likeness (QED) is 0.285. The third-order valence-corrected chi connectivity index (χ3v) is 4.17. The van der Waals surface area contributed by atoms with Gasteiger partial charge in [-0.05, 0) is 48.5 Å². The summed E-state index contributed by atoms with van der Waals surface area (Å²) in [7, 11) is 1.49. The smallest absolute Gasteiger partial charge is 0.343 e. The molecule has 1 N–H and O–H groups in total. The summed E-state index contributed by atoms with van der Waals surface area (Å²) in [5, 5.41) is 4.48. The number of rotatable bonds is 6. The number of para-hydroxylation sites is 2. The number of hydrazone groups is 1. The Morgan fingerprint density at radius 1 is 0.931 bits per heavy atom. The van der Waals surface area contributed by atoms with Gasteiger partial charge in [-0.2, -0.15) is 5.10 Å². The van der Waals surface area contributed by atoms with Crippen LogP contribution in [0.2, 0.25) is 5.02 Å². The van der Waals surface area contributed by atoms with E-state index in [4.69, 9.17) is 21.1 Å². The van der Waals surface area contributed by atoms with E-state index in [2.05, 4.69) is 10.5 Å². The Bertz CT molecular complexity index is 1050. The van der Waals surface area contributed by atoms with Crippen LogP contribution in [-0.4, -0.2) is 25.2 Å². The highest BCUT2D eigenvalue weighted by molar-refractivity contribution is 6.30. The largest absolute Gasteiger partial charge is 0.496 e. The van der Waals surface area contributed by atoms with Gasteiger partial charge in [-0.3, -0.25) is 4.79 Å². The topological polar surface area (TPSA) is 77.0 Å². The van der Waals surface area contributed by atoms with E-state index in [9.17, 15) is 9.59 Å². The highest BCUT2D eigenvalue weighted by Crippen LogP contribution is 2.19. The zero-order chi connectivity index (χ0) is 20.6.